The number of fused-ring (bicyclic) bond motifs is 1. The second-order valence-electron chi connectivity index (χ2n) is 2.27. The molecule has 0 radical (unpaired) electrons. The second kappa shape index (κ2) is 3.21. The van der Waals surface area contributed by atoms with Crippen LogP contribution < -0.4 is 0 Å². The van der Waals surface area contributed by atoms with Crippen molar-refractivity contribution >= 4 is 50.0 Å². The summed E-state index contributed by atoms with van der Waals surface area (Å²) in [7, 11) is 0. The van der Waals surface area contributed by atoms with Crippen molar-refractivity contribution in [2.45, 2.75) is 0 Å². The number of hydrogen-bond acceptors (Lipinski definition) is 4. The Balaban J connectivity index is 2.83. The zero-order chi connectivity index (χ0) is 9.42. The van der Waals surface area contributed by atoms with Gasteiger partial charge in [-0.25, -0.2) is 9.97 Å². The molecule has 0 aliphatic rings. The maximum atomic E-state index is 10.9. The standard InChI is InChI=1S/C7H2Cl2N2OS/c8-6-5-4(10-2-11-6)3(1-13-5)7(9)12/h1-2H. The molecule has 66 valence electrons. The van der Waals surface area contributed by atoms with Crippen LogP contribution in [0.2, 0.25) is 5.15 Å². The Bertz CT molecular complexity index is 482. The summed E-state index contributed by atoms with van der Waals surface area (Å²) in [5, 5.41) is 1.45. The van der Waals surface area contributed by atoms with Crippen LogP contribution >= 0.6 is 34.5 Å². The first-order valence-corrected chi connectivity index (χ1v) is 4.91. The third kappa shape index (κ3) is 1.41. The molecule has 0 aromatic carbocycles. The molecule has 0 fully saturated rings. The van der Waals surface area contributed by atoms with Crippen molar-refractivity contribution < 1.29 is 4.79 Å². The highest BCUT2D eigenvalue weighted by Crippen LogP contribution is 2.29. The molecular weight excluding hydrogens is 231 g/mol. The van der Waals surface area contributed by atoms with Crippen LogP contribution in [0.25, 0.3) is 10.2 Å². The average Bonchev–Trinajstić information content (AvgIpc) is 2.48. The van der Waals surface area contributed by atoms with Crippen molar-refractivity contribution in [3.63, 3.8) is 0 Å². The second-order valence-corrected chi connectivity index (χ2v) is 3.85. The lowest BCUT2D eigenvalue weighted by molar-refractivity contribution is 0.108. The van der Waals surface area contributed by atoms with Gasteiger partial charge in [-0.05, 0) is 11.6 Å². The Hall–Kier alpha value is -0.710. The zero-order valence-corrected chi connectivity index (χ0v) is 8.45. The molecule has 0 aliphatic heterocycles. The lowest BCUT2D eigenvalue weighted by Gasteiger charge is -1.91. The van der Waals surface area contributed by atoms with Crippen LogP contribution in [0.15, 0.2) is 11.7 Å². The van der Waals surface area contributed by atoms with E-state index in [1.807, 2.05) is 0 Å². The smallest absolute Gasteiger partial charge is 0.255 e. The highest BCUT2D eigenvalue weighted by atomic mass is 35.5. The van der Waals surface area contributed by atoms with E-state index in [-0.39, 0.29) is 0 Å². The van der Waals surface area contributed by atoms with Crippen LogP contribution in [-0.4, -0.2) is 15.2 Å². The number of hydrogen-bond donors (Lipinski definition) is 0. The molecule has 0 atom stereocenters. The molecule has 0 unspecified atom stereocenters. The first-order valence-electron chi connectivity index (χ1n) is 3.27. The van der Waals surface area contributed by atoms with Crippen LogP contribution in [0.4, 0.5) is 0 Å². The van der Waals surface area contributed by atoms with Crippen LogP contribution in [0, 0.1) is 0 Å². The summed E-state index contributed by atoms with van der Waals surface area (Å²) in [5.74, 6) is 0. The minimum Gasteiger partial charge on any atom is -0.275 e. The van der Waals surface area contributed by atoms with E-state index in [0.29, 0.717) is 20.9 Å². The van der Waals surface area contributed by atoms with Crippen LogP contribution in [0.3, 0.4) is 0 Å². The van der Waals surface area contributed by atoms with Crippen molar-refractivity contribution in [3.8, 4) is 0 Å². The van der Waals surface area contributed by atoms with Crippen molar-refractivity contribution in [1.82, 2.24) is 9.97 Å². The Morgan fingerprint density at radius 2 is 2.23 bits per heavy atom. The number of halogens is 2. The van der Waals surface area contributed by atoms with Crippen molar-refractivity contribution in [3.05, 3.63) is 22.4 Å². The zero-order valence-electron chi connectivity index (χ0n) is 6.12. The van der Waals surface area contributed by atoms with E-state index in [1.54, 1.807) is 5.38 Å². The molecule has 0 saturated heterocycles. The van der Waals surface area contributed by atoms with Gasteiger partial charge in [0.15, 0.2) is 0 Å². The fraction of sp³-hybridized carbons (Fsp3) is 0. The molecule has 3 nitrogen and oxygen atoms in total. The van der Waals surface area contributed by atoms with Crippen molar-refractivity contribution in [2.24, 2.45) is 0 Å². The van der Waals surface area contributed by atoms with Gasteiger partial charge in [0.1, 0.15) is 11.5 Å². The Morgan fingerprint density at radius 3 is 2.92 bits per heavy atom. The average molecular weight is 233 g/mol. The predicted octanol–water partition coefficient (Wildman–Crippen LogP) is 2.72. The summed E-state index contributed by atoms with van der Waals surface area (Å²) >= 11 is 12.4. The van der Waals surface area contributed by atoms with E-state index in [9.17, 15) is 4.79 Å². The molecular formula is C7H2Cl2N2OS. The topological polar surface area (TPSA) is 42.9 Å². The van der Waals surface area contributed by atoms with Gasteiger partial charge in [0, 0.05) is 5.38 Å². The summed E-state index contributed by atoms with van der Waals surface area (Å²) in [5.41, 5.74) is 0.899. The van der Waals surface area contributed by atoms with Gasteiger partial charge in [0.25, 0.3) is 5.24 Å². The number of aromatic nitrogens is 2. The van der Waals surface area contributed by atoms with Crippen molar-refractivity contribution in [1.29, 1.82) is 0 Å². The molecule has 2 aromatic rings. The lowest BCUT2D eigenvalue weighted by atomic mass is 10.3. The molecule has 0 aliphatic carbocycles. The number of carbonyl (C=O) groups is 1. The first-order chi connectivity index (χ1) is 6.20. The first kappa shape index (κ1) is 8.87. The monoisotopic (exact) mass is 232 g/mol. The molecule has 0 amide bonds. The summed E-state index contributed by atoms with van der Waals surface area (Å²) in [6.07, 6.45) is 1.31. The number of thiophene rings is 1. The fourth-order valence-electron chi connectivity index (χ4n) is 0.962. The van der Waals surface area contributed by atoms with E-state index in [0.717, 1.165) is 0 Å². The molecule has 0 saturated carbocycles. The lowest BCUT2D eigenvalue weighted by Crippen LogP contribution is -1.88. The third-order valence-electron chi connectivity index (χ3n) is 1.52. The highest BCUT2D eigenvalue weighted by Gasteiger charge is 2.13. The van der Waals surface area contributed by atoms with Crippen molar-refractivity contribution in [2.75, 3.05) is 0 Å². The minimum atomic E-state index is -0.527. The van der Waals surface area contributed by atoms with Gasteiger partial charge < -0.3 is 0 Å². The van der Waals surface area contributed by atoms with E-state index in [4.69, 9.17) is 23.2 Å². The fourth-order valence-corrected chi connectivity index (χ4v) is 2.32. The van der Waals surface area contributed by atoms with Gasteiger partial charge in [-0.2, -0.15) is 0 Å². The SMILES string of the molecule is O=C(Cl)c1csc2c(Cl)ncnc12. The summed E-state index contributed by atoms with van der Waals surface area (Å²) in [4.78, 5) is 18.6. The largest absolute Gasteiger partial charge is 0.275 e. The van der Waals surface area contributed by atoms with E-state index in [1.165, 1.54) is 17.7 Å². The van der Waals surface area contributed by atoms with Gasteiger partial charge >= 0.3 is 0 Å². The molecule has 0 bridgehead atoms. The quantitative estimate of drug-likeness (QED) is 0.561. The minimum absolute atomic E-state index is 0.346. The molecule has 6 heteroatoms. The van der Waals surface area contributed by atoms with Gasteiger partial charge in [-0.1, -0.05) is 11.6 Å². The maximum absolute atomic E-state index is 10.9. The Labute approximate surface area is 87.3 Å². The summed E-state index contributed by atoms with van der Waals surface area (Å²) < 4.78 is 0.688. The van der Waals surface area contributed by atoms with Gasteiger partial charge in [0.05, 0.1) is 15.8 Å². The van der Waals surface area contributed by atoms with Crippen LogP contribution in [-0.2, 0) is 0 Å². The number of rotatable bonds is 1. The molecule has 2 rings (SSSR count). The van der Waals surface area contributed by atoms with Crippen LogP contribution in [0.1, 0.15) is 10.4 Å². The van der Waals surface area contributed by atoms with E-state index < -0.39 is 5.24 Å². The van der Waals surface area contributed by atoms with E-state index >= 15 is 0 Å². The predicted molar refractivity (Wildman–Crippen MR) is 52.6 cm³/mol. The molecule has 0 spiro atoms. The third-order valence-corrected chi connectivity index (χ3v) is 3.10. The number of nitrogens with zero attached hydrogens (tertiary/aromatic N) is 2. The van der Waals surface area contributed by atoms with Gasteiger partial charge in [-0.15, -0.1) is 11.3 Å². The van der Waals surface area contributed by atoms with Crippen LogP contribution in [0.5, 0.6) is 0 Å². The van der Waals surface area contributed by atoms with Gasteiger partial charge in [0.2, 0.25) is 0 Å². The summed E-state index contributed by atoms with van der Waals surface area (Å²) in [6.45, 7) is 0. The Kier molecular flexibility index (Phi) is 2.19. The highest BCUT2D eigenvalue weighted by molar-refractivity contribution is 7.18. The summed E-state index contributed by atoms with van der Waals surface area (Å²) in [6, 6.07) is 0. The molecule has 0 N–H and O–H groups in total. The molecule has 2 aromatic heterocycles. The van der Waals surface area contributed by atoms with Gasteiger partial charge in [-0.3, -0.25) is 4.79 Å². The maximum Gasteiger partial charge on any atom is 0.255 e. The Morgan fingerprint density at radius 1 is 1.46 bits per heavy atom. The van der Waals surface area contributed by atoms with E-state index in [2.05, 4.69) is 9.97 Å². The normalized spacial score (nSPS) is 10.6. The molecule has 2 heterocycles. The molecule has 13 heavy (non-hydrogen) atoms. The number of carbonyl (C=O) groups excluding carboxylic acids is 1.